The van der Waals surface area contributed by atoms with E-state index in [0.717, 1.165) is 0 Å². The highest BCUT2D eigenvalue weighted by atomic mass is 35.5. The van der Waals surface area contributed by atoms with Gasteiger partial charge in [0.25, 0.3) is 5.91 Å². The molecule has 1 aliphatic heterocycles. The maximum absolute atomic E-state index is 12.1. The number of rotatable bonds is 1. The van der Waals surface area contributed by atoms with Gasteiger partial charge in [0.1, 0.15) is 0 Å². The summed E-state index contributed by atoms with van der Waals surface area (Å²) in [6, 6.07) is 3.32. The van der Waals surface area contributed by atoms with Crippen molar-refractivity contribution in [3.05, 3.63) is 17.2 Å². The van der Waals surface area contributed by atoms with Crippen LogP contribution < -0.4 is 15.4 Å². The molecule has 1 aromatic carbocycles. The number of amides is 1. The molecule has 0 aromatic heterocycles. The molecule has 2 N–H and O–H groups in total. The van der Waals surface area contributed by atoms with E-state index in [1.54, 1.807) is 24.1 Å². The number of nitrogens with two attached hydrogens (primary N) is 1. The number of likely N-dealkylation sites (N-methyl/N-ethyl adjacent to an activating group) is 1. The lowest BCUT2D eigenvalue weighted by atomic mass is 10.0. The summed E-state index contributed by atoms with van der Waals surface area (Å²) >= 11 is 6.09. The molecule has 5 heteroatoms. The number of halogens is 1. The Morgan fingerprint density at radius 2 is 2.12 bits per heavy atom. The molecule has 0 aliphatic carbocycles. The molecule has 1 unspecified atom stereocenters. The van der Waals surface area contributed by atoms with E-state index in [1.165, 1.54) is 0 Å². The van der Waals surface area contributed by atoms with Crippen molar-refractivity contribution in [1.82, 2.24) is 0 Å². The summed E-state index contributed by atoms with van der Waals surface area (Å²) in [6.07, 6.45) is -0.492. The van der Waals surface area contributed by atoms with E-state index in [0.29, 0.717) is 22.1 Å². The minimum Gasteiger partial charge on any atom is -0.477 e. The third-order valence-corrected chi connectivity index (χ3v) is 3.11. The maximum Gasteiger partial charge on any atom is 0.268 e. The van der Waals surface area contributed by atoms with Gasteiger partial charge in [-0.15, -0.1) is 0 Å². The Labute approximate surface area is 105 Å². The highest BCUT2D eigenvalue weighted by Crippen LogP contribution is 2.41. The van der Waals surface area contributed by atoms with Crippen molar-refractivity contribution in [2.24, 2.45) is 5.92 Å². The van der Waals surface area contributed by atoms with Gasteiger partial charge in [-0.25, -0.2) is 0 Å². The summed E-state index contributed by atoms with van der Waals surface area (Å²) in [7, 11) is 1.70. The lowest BCUT2D eigenvalue weighted by Gasteiger charge is -2.34. The molecule has 1 aromatic rings. The number of nitrogens with zero attached hydrogens (tertiary/aromatic N) is 1. The van der Waals surface area contributed by atoms with Gasteiger partial charge in [-0.3, -0.25) is 4.79 Å². The van der Waals surface area contributed by atoms with Gasteiger partial charge in [0.2, 0.25) is 0 Å². The van der Waals surface area contributed by atoms with Crippen LogP contribution in [0.1, 0.15) is 13.8 Å². The number of fused-ring (bicyclic) bond motifs is 1. The van der Waals surface area contributed by atoms with E-state index >= 15 is 0 Å². The second-order valence-corrected chi connectivity index (χ2v) is 4.94. The van der Waals surface area contributed by atoms with Crippen molar-refractivity contribution < 1.29 is 9.53 Å². The zero-order valence-corrected chi connectivity index (χ0v) is 10.8. The van der Waals surface area contributed by atoms with E-state index in [2.05, 4.69) is 0 Å². The number of nitrogen functional groups attached to an aromatic ring is 1. The summed E-state index contributed by atoms with van der Waals surface area (Å²) < 4.78 is 5.68. The van der Waals surface area contributed by atoms with Crippen molar-refractivity contribution in [1.29, 1.82) is 0 Å². The van der Waals surface area contributed by atoms with E-state index in [9.17, 15) is 4.79 Å². The molecule has 0 spiro atoms. The van der Waals surface area contributed by atoms with Crippen LogP contribution in [0, 0.1) is 5.92 Å². The predicted octanol–water partition coefficient (Wildman–Crippen LogP) is 2.30. The minimum absolute atomic E-state index is 0.0748. The first-order chi connectivity index (χ1) is 7.91. The van der Waals surface area contributed by atoms with Crippen molar-refractivity contribution in [2.75, 3.05) is 17.7 Å². The largest absolute Gasteiger partial charge is 0.477 e. The third kappa shape index (κ3) is 1.93. The van der Waals surface area contributed by atoms with E-state index in [1.807, 2.05) is 13.8 Å². The molecule has 1 aliphatic rings. The molecule has 1 amide bonds. The van der Waals surface area contributed by atoms with Crippen molar-refractivity contribution in [3.8, 4) is 5.75 Å². The Balaban J connectivity index is 2.53. The van der Waals surface area contributed by atoms with Crippen molar-refractivity contribution >= 4 is 28.9 Å². The molecule has 0 saturated carbocycles. The number of hydrogen-bond donors (Lipinski definition) is 1. The normalized spacial score (nSPS) is 19.2. The highest BCUT2D eigenvalue weighted by Gasteiger charge is 2.35. The summed E-state index contributed by atoms with van der Waals surface area (Å²) in [5.41, 5.74) is 6.84. The first-order valence-corrected chi connectivity index (χ1v) is 5.83. The summed E-state index contributed by atoms with van der Waals surface area (Å²) in [5, 5.41) is 0.435. The molecule has 4 nitrogen and oxygen atoms in total. The van der Waals surface area contributed by atoms with E-state index in [4.69, 9.17) is 22.1 Å². The average Bonchev–Trinajstić information content (AvgIpc) is 2.23. The number of ether oxygens (including phenoxy) is 1. The summed E-state index contributed by atoms with van der Waals surface area (Å²) in [6.45, 7) is 3.87. The molecule has 0 fully saturated rings. The fourth-order valence-corrected chi connectivity index (χ4v) is 2.14. The molecule has 92 valence electrons. The van der Waals surface area contributed by atoms with Gasteiger partial charge < -0.3 is 15.4 Å². The lowest BCUT2D eigenvalue weighted by molar-refractivity contribution is -0.127. The topological polar surface area (TPSA) is 55.6 Å². The average molecular weight is 255 g/mol. The van der Waals surface area contributed by atoms with Gasteiger partial charge in [-0.2, -0.15) is 0 Å². The molecule has 0 bridgehead atoms. The number of benzene rings is 1. The van der Waals surface area contributed by atoms with Gasteiger partial charge in [0.15, 0.2) is 11.9 Å². The molecule has 2 rings (SSSR count). The second kappa shape index (κ2) is 4.11. The Bertz CT molecular complexity index is 474. The van der Waals surface area contributed by atoms with Crippen LogP contribution in [0.25, 0.3) is 0 Å². The third-order valence-electron chi connectivity index (χ3n) is 2.83. The fourth-order valence-electron chi connectivity index (χ4n) is 1.87. The molecule has 1 heterocycles. The lowest BCUT2D eigenvalue weighted by Crippen LogP contribution is -2.46. The SMILES string of the molecule is CC(C)C1Oc2c(Cl)cc(N)cc2N(C)C1=O. The standard InChI is InChI=1S/C12H15ClN2O2/c1-6(2)10-12(16)15(3)9-5-7(14)4-8(13)11(9)17-10/h4-6,10H,14H2,1-3H3. The molecular weight excluding hydrogens is 240 g/mol. The van der Waals surface area contributed by atoms with Crippen LogP contribution in [-0.2, 0) is 4.79 Å². The predicted molar refractivity (Wildman–Crippen MR) is 68.5 cm³/mol. The van der Waals surface area contributed by atoms with Crippen molar-refractivity contribution in [3.63, 3.8) is 0 Å². The smallest absolute Gasteiger partial charge is 0.268 e. The Kier molecular flexibility index (Phi) is 2.91. The monoisotopic (exact) mass is 254 g/mol. The van der Waals surface area contributed by atoms with Gasteiger partial charge >= 0.3 is 0 Å². The number of hydrogen-bond acceptors (Lipinski definition) is 3. The van der Waals surface area contributed by atoms with E-state index in [-0.39, 0.29) is 11.8 Å². The van der Waals surface area contributed by atoms with Crippen LogP contribution in [0.4, 0.5) is 11.4 Å². The summed E-state index contributed by atoms with van der Waals surface area (Å²) in [5.74, 6) is 0.544. The zero-order valence-electron chi connectivity index (χ0n) is 10.0. The van der Waals surface area contributed by atoms with Gasteiger partial charge in [-0.05, 0) is 18.1 Å². The molecule has 0 saturated heterocycles. The fraction of sp³-hybridized carbons (Fsp3) is 0.417. The Morgan fingerprint density at radius 3 is 2.71 bits per heavy atom. The van der Waals surface area contributed by atoms with Gasteiger partial charge in [0, 0.05) is 12.7 Å². The van der Waals surface area contributed by atoms with Gasteiger partial charge in [0.05, 0.1) is 10.7 Å². The number of anilines is 2. The highest BCUT2D eigenvalue weighted by molar-refractivity contribution is 6.33. The molecule has 1 atom stereocenters. The van der Waals surface area contributed by atoms with Crippen LogP contribution >= 0.6 is 11.6 Å². The second-order valence-electron chi connectivity index (χ2n) is 4.53. The minimum atomic E-state index is -0.492. The molecule has 17 heavy (non-hydrogen) atoms. The number of carbonyl (C=O) groups excluding carboxylic acids is 1. The van der Waals surface area contributed by atoms with Crippen LogP contribution in [-0.4, -0.2) is 19.1 Å². The molecule has 0 radical (unpaired) electrons. The van der Waals surface area contributed by atoms with Crippen LogP contribution in [0.2, 0.25) is 5.02 Å². The quantitative estimate of drug-likeness (QED) is 0.783. The summed E-state index contributed by atoms with van der Waals surface area (Å²) in [4.78, 5) is 13.6. The molecular formula is C12H15ClN2O2. The van der Waals surface area contributed by atoms with Crippen LogP contribution in [0.3, 0.4) is 0 Å². The van der Waals surface area contributed by atoms with Crippen molar-refractivity contribution in [2.45, 2.75) is 20.0 Å². The Hall–Kier alpha value is -1.42. The number of carbonyl (C=O) groups is 1. The van der Waals surface area contributed by atoms with E-state index < -0.39 is 6.10 Å². The Morgan fingerprint density at radius 1 is 1.47 bits per heavy atom. The van der Waals surface area contributed by atoms with Gasteiger partial charge in [-0.1, -0.05) is 25.4 Å². The zero-order chi connectivity index (χ0) is 12.7. The van der Waals surface area contributed by atoms with Crippen LogP contribution in [0.15, 0.2) is 12.1 Å². The maximum atomic E-state index is 12.1. The van der Waals surface area contributed by atoms with Crippen LogP contribution in [0.5, 0.6) is 5.75 Å². The first kappa shape index (κ1) is 12.0. The first-order valence-electron chi connectivity index (χ1n) is 5.45.